The quantitative estimate of drug-likeness (QED) is 0.637. The number of allylic oxidation sites excluding steroid dienone is 7. The smallest absolute Gasteiger partial charge is 0.156 e. The van der Waals surface area contributed by atoms with Crippen molar-refractivity contribution in [2.45, 2.75) is 44.9 Å². The van der Waals surface area contributed by atoms with Gasteiger partial charge in [0.15, 0.2) is 5.78 Å². The maximum absolute atomic E-state index is 11.6. The van der Waals surface area contributed by atoms with Crippen molar-refractivity contribution < 1.29 is 4.79 Å². The number of carbonyl (C=O) groups is 1. The number of hydrogen-bond acceptors (Lipinski definition) is 1. The molecule has 0 N–H and O–H groups in total. The third-order valence-electron chi connectivity index (χ3n) is 6.07. The van der Waals surface area contributed by atoms with Crippen LogP contribution in [0.3, 0.4) is 0 Å². The highest BCUT2D eigenvalue weighted by Crippen LogP contribution is 2.57. The van der Waals surface area contributed by atoms with Crippen molar-refractivity contribution in [3.8, 4) is 0 Å². The first kappa shape index (κ1) is 12.4. The van der Waals surface area contributed by atoms with Crippen LogP contribution in [0, 0.1) is 17.3 Å². The van der Waals surface area contributed by atoms with Gasteiger partial charge in [0.25, 0.3) is 0 Å². The lowest BCUT2D eigenvalue weighted by molar-refractivity contribution is -0.114. The van der Waals surface area contributed by atoms with Gasteiger partial charge in [-0.3, -0.25) is 4.79 Å². The summed E-state index contributed by atoms with van der Waals surface area (Å²) in [5.41, 5.74) is 4.66. The van der Waals surface area contributed by atoms with E-state index in [4.69, 9.17) is 0 Å². The van der Waals surface area contributed by atoms with Crippen molar-refractivity contribution in [2.24, 2.45) is 17.3 Å². The molecule has 0 aromatic heterocycles. The van der Waals surface area contributed by atoms with E-state index in [1.807, 2.05) is 6.08 Å². The molecule has 1 fully saturated rings. The minimum Gasteiger partial charge on any atom is -0.295 e. The van der Waals surface area contributed by atoms with Crippen LogP contribution in [0.5, 0.6) is 0 Å². The highest BCUT2D eigenvalue weighted by molar-refractivity contribution is 5.93. The Morgan fingerprint density at radius 3 is 3.00 bits per heavy atom. The van der Waals surface area contributed by atoms with Gasteiger partial charge >= 0.3 is 0 Å². The van der Waals surface area contributed by atoms with E-state index in [-0.39, 0.29) is 5.41 Å². The molecular weight excluding hydrogens is 244 g/mol. The maximum atomic E-state index is 11.6. The summed E-state index contributed by atoms with van der Waals surface area (Å²) in [5.74, 6) is 1.79. The van der Waals surface area contributed by atoms with E-state index in [0.717, 1.165) is 18.8 Å². The summed E-state index contributed by atoms with van der Waals surface area (Å²) in [6, 6.07) is 0. The van der Waals surface area contributed by atoms with E-state index < -0.39 is 0 Å². The molecule has 1 saturated carbocycles. The minimum absolute atomic E-state index is 0.264. The maximum Gasteiger partial charge on any atom is 0.156 e. The van der Waals surface area contributed by atoms with Gasteiger partial charge in [0.1, 0.15) is 0 Å². The lowest BCUT2D eigenvalue weighted by Crippen LogP contribution is -2.34. The fourth-order valence-electron chi connectivity index (χ4n) is 5.08. The van der Waals surface area contributed by atoms with Crippen LogP contribution in [-0.4, -0.2) is 5.78 Å². The molecule has 0 aliphatic heterocycles. The highest BCUT2D eigenvalue weighted by Gasteiger charge is 2.47. The van der Waals surface area contributed by atoms with E-state index in [1.165, 1.54) is 36.8 Å². The lowest BCUT2D eigenvalue weighted by atomic mass is 9.60. The highest BCUT2D eigenvalue weighted by atomic mass is 16.1. The predicted octanol–water partition coefficient (Wildman–Crippen LogP) is 4.52. The average molecular weight is 266 g/mol. The average Bonchev–Trinajstić information content (AvgIpc) is 2.91. The fourth-order valence-corrected chi connectivity index (χ4v) is 5.08. The zero-order valence-electron chi connectivity index (χ0n) is 12.0. The molecule has 0 unspecified atom stereocenters. The molecule has 0 aromatic rings. The van der Waals surface area contributed by atoms with Gasteiger partial charge < -0.3 is 0 Å². The topological polar surface area (TPSA) is 17.1 Å². The molecule has 4 rings (SSSR count). The van der Waals surface area contributed by atoms with E-state index >= 15 is 0 Å². The summed E-state index contributed by atoms with van der Waals surface area (Å²) in [6.45, 7) is 4.12. The van der Waals surface area contributed by atoms with Crippen LogP contribution < -0.4 is 0 Å². The van der Waals surface area contributed by atoms with Gasteiger partial charge in [-0.25, -0.2) is 0 Å². The van der Waals surface area contributed by atoms with Crippen LogP contribution in [-0.2, 0) is 4.79 Å². The van der Waals surface area contributed by atoms with Gasteiger partial charge in [0.2, 0.25) is 0 Å². The molecule has 0 aromatic carbocycles. The molecule has 1 nitrogen and oxygen atoms in total. The van der Waals surface area contributed by atoms with E-state index in [2.05, 4.69) is 24.8 Å². The van der Waals surface area contributed by atoms with Gasteiger partial charge in [0.05, 0.1) is 0 Å². The van der Waals surface area contributed by atoms with E-state index in [9.17, 15) is 4.79 Å². The molecule has 4 aliphatic carbocycles. The summed E-state index contributed by atoms with van der Waals surface area (Å²) >= 11 is 0. The van der Waals surface area contributed by atoms with Crippen LogP contribution in [0.1, 0.15) is 44.9 Å². The standard InChI is InChI=1S/C19H22O/c1-2-19-10-3-4-18(19)17-7-5-13-12-14(20)6-8-15(13)16(17)9-11-19/h2,9,11-12,17-18H,1,3-8,10H2/t17-,18+,19+/m1/s1. The molecule has 0 saturated heterocycles. The van der Waals surface area contributed by atoms with Crippen LogP contribution in [0.2, 0.25) is 0 Å². The number of ketones is 1. The van der Waals surface area contributed by atoms with Crippen LogP contribution in [0.4, 0.5) is 0 Å². The van der Waals surface area contributed by atoms with Crippen LogP contribution in [0.25, 0.3) is 0 Å². The summed E-state index contributed by atoms with van der Waals surface area (Å²) in [5, 5.41) is 0. The van der Waals surface area contributed by atoms with Crippen LogP contribution >= 0.6 is 0 Å². The molecule has 20 heavy (non-hydrogen) atoms. The molecule has 0 bridgehead atoms. The second-order valence-electron chi connectivity index (χ2n) is 6.86. The van der Waals surface area contributed by atoms with Crippen molar-refractivity contribution in [1.82, 2.24) is 0 Å². The van der Waals surface area contributed by atoms with Crippen molar-refractivity contribution in [1.29, 1.82) is 0 Å². The molecule has 4 aliphatic rings. The van der Waals surface area contributed by atoms with E-state index in [1.54, 1.807) is 5.57 Å². The Morgan fingerprint density at radius 1 is 1.25 bits per heavy atom. The molecule has 1 heteroatoms. The van der Waals surface area contributed by atoms with Gasteiger partial charge in [0, 0.05) is 11.8 Å². The summed E-state index contributed by atoms with van der Waals surface area (Å²) in [6.07, 6.45) is 16.9. The van der Waals surface area contributed by atoms with Crippen molar-refractivity contribution in [3.63, 3.8) is 0 Å². The first-order valence-corrected chi connectivity index (χ1v) is 8.03. The molecule has 0 spiro atoms. The Balaban J connectivity index is 1.83. The molecule has 104 valence electrons. The second-order valence-corrected chi connectivity index (χ2v) is 6.86. The first-order chi connectivity index (χ1) is 9.73. The summed E-state index contributed by atoms with van der Waals surface area (Å²) in [4.78, 5) is 11.6. The molecule has 0 heterocycles. The number of fused-ring (bicyclic) bond motifs is 4. The monoisotopic (exact) mass is 266 g/mol. The Kier molecular flexibility index (Phi) is 2.67. The van der Waals surface area contributed by atoms with Gasteiger partial charge in [-0.05, 0) is 66.7 Å². The molecule has 3 atom stereocenters. The van der Waals surface area contributed by atoms with Crippen LogP contribution in [0.15, 0.2) is 47.6 Å². The lowest BCUT2D eigenvalue weighted by Gasteiger charge is -2.44. The Bertz CT molecular complexity index is 575. The minimum atomic E-state index is 0.264. The Labute approximate surface area is 121 Å². The zero-order chi connectivity index (χ0) is 13.7. The Morgan fingerprint density at radius 2 is 2.15 bits per heavy atom. The predicted molar refractivity (Wildman–Crippen MR) is 81.2 cm³/mol. The summed E-state index contributed by atoms with van der Waals surface area (Å²) in [7, 11) is 0. The first-order valence-electron chi connectivity index (χ1n) is 8.03. The molecule has 0 radical (unpaired) electrons. The number of rotatable bonds is 1. The summed E-state index contributed by atoms with van der Waals surface area (Å²) < 4.78 is 0. The Hall–Kier alpha value is -1.37. The van der Waals surface area contributed by atoms with Gasteiger partial charge in [-0.1, -0.05) is 24.6 Å². The molecule has 0 amide bonds. The second kappa shape index (κ2) is 4.31. The largest absolute Gasteiger partial charge is 0.295 e. The zero-order valence-corrected chi connectivity index (χ0v) is 12.0. The fraction of sp³-hybridized carbons (Fsp3) is 0.526. The number of hydrogen-bond donors (Lipinski definition) is 0. The molecular formula is C19H22O. The van der Waals surface area contributed by atoms with Gasteiger partial charge in [-0.15, -0.1) is 6.58 Å². The number of carbonyl (C=O) groups excluding carboxylic acids is 1. The SMILES string of the molecule is C=C[C@]12C=CC3=C4CCC(=O)C=C4CC[C@H]3[C@@H]1CCC2. The van der Waals surface area contributed by atoms with Crippen molar-refractivity contribution in [2.75, 3.05) is 0 Å². The van der Waals surface area contributed by atoms with Crippen molar-refractivity contribution >= 4 is 5.78 Å². The third-order valence-corrected chi connectivity index (χ3v) is 6.07. The third kappa shape index (κ3) is 1.58. The van der Waals surface area contributed by atoms with Crippen molar-refractivity contribution in [3.05, 3.63) is 47.6 Å². The van der Waals surface area contributed by atoms with Gasteiger partial charge in [-0.2, -0.15) is 0 Å². The van der Waals surface area contributed by atoms with E-state index in [0.29, 0.717) is 18.1 Å². The normalized spacial score (nSPS) is 39.0.